The molecule has 0 aromatic heterocycles. The van der Waals surface area contributed by atoms with Crippen LogP contribution >= 0.6 is 0 Å². The molecular formula is C30H46N6O9. The molecule has 0 saturated carbocycles. The van der Waals surface area contributed by atoms with Gasteiger partial charge in [-0.05, 0) is 32.4 Å². The summed E-state index contributed by atoms with van der Waals surface area (Å²) in [4.78, 5) is 88.5. The molecule has 0 bridgehead atoms. The molecule has 0 spiro atoms. The number of ether oxygens (including phenoxy) is 2. The molecule has 1 atom stereocenters. The summed E-state index contributed by atoms with van der Waals surface area (Å²) >= 11 is 0. The van der Waals surface area contributed by atoms with Crippen molar-refractivity contribution in [2.24, 2.45) is 0 Å². The number of imide groups is 2. The minimum atomic E-state index is -0.876. The van der Waals surface area contributed by atoms with Crippen LogP contribution < -0.4 is 16.0 Å². The van der Waals surface area contributed by atoms with Crippen LogP contribution in [0.15, 0.2) is 24.3 Å². The van der Waals surface area contributed by atoms with Crippen LogP contribution in [-0.2, 0) is 43.0 Å². The number of hydrogen-bond donors (Lipinski definition) is 3. The van der Waals surface area contributed by atoms with Gasteiger partial charge in [0.15, 0.2) is 0 Å². The molecular weight excluding hydrogens is 588 g/mol. The predicted molar refractivity (Wildman–Crippen MR) is 162 cm³/mol. The van der Waals surface area contributed by atoms with Crippen molar-refractivity contribution in [3.05, 3.63) is 24.3 Å². The van der Waals surface area contributed by atoms with Gasteiger partial charge in [-0.1, -0.05) is 13.8 Å². The zero-order chi connectivity index (χ0) is 33.0. The van der Waals surface area contributed by atoms with Gasteiger partial charge in [0, 0.05) is 69.9 Å². The summed E-state index contributed by atoms with van der Waals surface area (Å²) in [6.07, 6.45) is 5.68. The highest BCUT2D eigenvalue weighted by molar-refractivity contribution is 6.13. The molecule has 45 heavy (non-hydrogen) atoms. The molecule has 15 nitrogen and oxygen atoms in total. The van der Waals surface area contributed by atoms with Crippen molar-refractivity contribution in [1.29, 1.82) is 0 Å². The Morgan fingerprint density at radius 2 is 1.24 bits per heavy atom. The van der Waals surface area contributed by atoms with Crippen LogP contribution in [0.4, 0.5) is 0 Å². The van der Waals surface area contributed by atoms with Crippen molar-refractivity contribution in [3.8, 4) is 0 Å². The van der Waals surface area contributed by atoms with E-state index in [1.165, 1.54) is 0 Å². The Labute approximate surface area is 263 Å². The number of likely N-dealkylation sites (N-methyl/N-ethyl adjacent to an activating group) is 1. The van der Waals surface area contributed by atoms with Gasteiger partial charge in [-0.3, -0.25) is 43.4 Å². The number of rotatable bonds is 24. The maximum Gasteiger partial charge on any atom is 0.253 e. The van der Waals surface area contributed by atoms with E-state index in [1.54, 1.807) is 0 Å². The second-order valence-corrected chi connectivity index (χ2v) is 10.3. The highest BCUT2D eigenvalue weighted by atomic mass is 16.5. The molecule has 3 N–H and O–H groups in total. The number of nitrogens with zero attached hydrogens (tertiary/aromatic N) is 3. The zero-order valence-electron chi connectivity index (χ0n) is 26.2. The smallest absolute Gasteiger partial charge is 0.253 e. The van der Waals surface area contributed by atoms with E-state index in [0.717, 1.165) is 53.7 Å². The summed E-state index contributed by atoms with van der Waals surface area (Å²) in [5.41, 5.74) is 0. The van der Waals surface area contributed by atoms with E-state index in [4.69, 9.17) is 9.47 Å². The van der Waals surface area contributed by atoms with Crippen molar-refractivity contribution in [2.45, 2.75) is 52.0 Å². The fraction of sp³-hybridized carbons (Fsp3) is 0.633. The molecule has 250 valence electrons. The van der Waals surface area contributed by atoms with E-state index in [2.05, 4.69) is 34.7 Å². The lowest BCUT2D eigenvalue weighted by molar-refractivity contribution is -0.139. The standard InChI is InChI=1S/C30H46N6O9/c1-3-34(4-2)18-20-45-22-21-44-19-15-32-30(43)23(33-25(38)13-17-36-28(41)10-11-29(36)42)7-5-6-14-31-24(37)12-16-35-26(39)8-9-27(35)40/h8-11,23H,3-7,12-22H2,1-2H3,(H,31,37)(H,32,43)(H,33,38). The maximum absolute atomic E-state index is 12.9. The van der Waals surface area contributed by atoms with E-state index in [9.17, 15) is 33.6 Å². The van der Waals surface area contributed by atoms with Crippen LogP contribution in [0.25, 0.3) is 0 Å². The van der Waals surface area contributed by atoms with Gasteiger partial charge in [0.2, 0.25) is 17.7 Å². The van der Waals surface area contributed by atoms with Gasteiger partial charge in [-0.2, -0.15) is 0 Å². The summed E-state index contributed by atoms with van der Waals surface area (Å²) in [6, 6.07) is -0.876. The fourth-order valence-electron chi connectivity index (χ4n) is 4.48. The third kappa shape index (κ3) is 14.1. The minimum Gasteiger partial charge on any atom is -0.378 e. The molecule has 0 aromatic rings. The van der Waals surface area contributed by atoms with E-state index < -0.39 is 41.5 Å². The Morgan fingerprint density at radius 3 is 1.80 bits per heavy atom. The predicted octanol–water partition coefficient (Wildman–Crippen LogP) is -1.12. The second kappa shape index (κ2) is 20.9. The number of carbonyl (C=O) groups is 7. The topological polar surface area (TPSA) is 184 Å². The number of unbranched alkanes of at least 4 members (excludes halogenated alkanes) is 1. The molecule has 7 amide bonds. The van der Waals surface area contributed by atoms with Crippen molar-refractivity contribution in [2.75, 3.05) is 72.2 Å². The molecule has 15 heteroatoms. The molecule has 2 rings (SSSR count). The van der Waals surface area contributed by atoms with Gasteiger partial charge in [0.05, 0.1) is 26.4 Å². The molecule has 0 radical (unpaired) electrons. The van der Waals surface area contributed by atoms with Crippen molar-refractivity contribution < 1.29 is 43.0 Å². The Morgan fingerprint density at radius 1 is 0.711 bits per heavy atom. The SMILES string of the molecule is CCN(CC)CCOCCOCCNC(=O)C(CCCCNC(=O)CCN1C(=O)C=CC1=O)NC(=O)CCN1C(=O)C=CC1=O. The normalized spacial score (nSPS) is 15.0. The molecule has 1 unspecified atom stereocenters. The van der Waals surface area contributed by atoms with Crippen LogP contribution in [0.1, 0.15) is 46.0 Å². The first-order valence-corrected chi connectivity index (χ1v) is 15.4. The maximum atomic E-state index is 12.9. The molecule has 0 saturated heterocycles. The Bertz CT molecular complexity index is 1070. The number of nitrogens with one attached hydrogen (secondary N) is 3. The Balaban J connectivity index is 1.70. The molecule has 0 aliphatic carbocycles. The minimum absolute atomic E-state index is 0.0111. The van der Waals surface area contributed by atoms with Gasteiger partial charge in [0.1, 0.15) is 6.04 Å². The summed E-state index contributed by atoms with van der Waals surface area (Å²) in [5, 5.41) is 8.14. The van der Waals surface area contributed by atoms with Crippen LogP contribution in [0.3, 0.4) is 0 Å². The van der Waals surface area contributed by atoms with Crippen LogP contribution in [0.5, 0.6) is 0 Å². The highest BCUT2D eigenvalue weighted by Gasteiger charge is 2.26. The monoisotopic (exact) mass is 634 g/mol. The first-order valence-electron chi connectivity index (χ1n) is 15.4. The van der Waals surface area contributed by atoms with Gasteiger partial charge >= 0.3 is 0 Å². The van der Waals surface area contributed by atoms with Gasteiger partial charge in [-0.25, -0.2) is 0 Å². The molecule has 0 aromatic carbocycles. The first-order chi connectivity index (χ1) is 21.7. The average molecular weight is 635 g/mol. The van der Waals surface area contributed by atoms with Crippen molar-refractivity contribution in [1.82, 2.24) is 30.7 Å². The van der Waals surface area contributed by atoms with Crippen molar-refractivity contribution >= 4 is 41.4 Å². The van der Waals surface area contributed by atoms with E-state index in [-0.39, 0.29) is 51.4 Å². The van der Waals surface area contributed by atoms with E-state index in [0.29, 0.717) is 39.2 Å². The number of hydrogen-bond acceptors (Lipinski definition) is 10. The molecule has 2 heterocycles. The van der Waals surface area contributed by atoms with Crippen LogP contribution in [0, 0.1) is 0 Å². The Hall–Kier alpha value is -3.95. The van der Waals surface area contributed by atoms with E-state index in [1.807, 2.05) is 0 Å². The van der Waals surface area contributed by atoms with Gasteiger partial charge < -0.3 is 30.3 Å². The zero-order valence-corrected chi connectivity index (χ0v) is 26.2. The summed E-state index contributed by atoms with van der Waals surface area (Å²) < 4.78 is 11.1. The van der Waals surface area contributed by atoms with Gasteiger partial charge in [-0.15, -0.1) is 0 Å². The lowest BCUT2D eigenvalue weighted by Crippen LogP contribution is -2.48. The molecule has 2 aliphatic rings. The quantitative estimate of drug-likeness (QED) is 0.0868. The lowest BCUT2D eigenvalue weighted by Gasteiger charge is -2.20. The fourth-order valence-corrected chi connectivity index (χ4v) is 4.48. The third-order valence-electron chi connectivity index (χ3n) is 7.18. The highest BCUT2D eigenvalue weighted by Crippen LogP contribution is 2.07. The lowest BCUT2D eigenvalue weighted by atomic mass is 10.1. The molecule has 0 fully saturated rings. The van der Waals surface area contributed by atoms with Crippen molar-refractivity contribution in [3.63, 3.8) is 0 Å². The average Bonchev–Trinajstić information content (AvgIpc) is 3.52. The van der Waals surface area contributed by atoms with E-state index >= 15 is 0 Å². The van der Waals surface area contributed by atoms with Crippen LogP contribution in [-0.4, -0.2) is 134 Å². The summed E-state index contributed by atoms with van der Waals surface area (Å²) in [5.74, 6) is -3.10. The number of amides is 7. The van der Waals surface area contributed by atoms with Gasteiger partial charge in [0.25, 0.3) is 23.6 Å². The number of carbonyl (C=O) groups excluding carboxylic acids is 7. The van der Waals surface area contributed by atoms with Crippen LogP contribution in [0.2, 0.25) is 0 Å². The summed E-state index contributed by atoms with van der Waals surface area (Å²) in [6.45, 7) is 9.08. The molecule has 2 aliphatic heterocycles. The Kier molecular flexibility index (Phi) is 17.3. The second-order valence-electron chi connectivity index (χ2n) is 10.3. The first kappa shape index (κ1) is 37.2. The largest absolute Gasteiger partial charge is 0.378 e. The summed E-state index contributed by atoms with van der Waals surface area (Å²) in [7, 11) is 0. The third-order valence-corrected chi connectivity index (χ3v) is 7.18.